The molecule has 1 aliphatic heterocycles. The summed E-state index contributed by atoms with van der Waals surface area (Å²) in [6.45, 7) is 2.46. The number of primary amides is 1. The molecule has 1 aliphatic rings. The molecule has 0 spiro atoms. The van der Waals surface area contributed by atoms with Crippen molar-refractivity contribution in [1.29, 1.82) is 0 Å². The van der Waals surface area contributed by atoms with Crippen molar-refractivity contribution in [2.75, 3.05) is 6.61 Å². The van der Waals surface area contributed by atoms with E-state index in [1.807, 2.05) is 31.2 Å². The molecule has 3 heteroatoms. The third-order valence-corrected chi connectivity index (χ3v) is 2.65. The SMILES string of the molecule is Cc1c(C(N)=O)cccc1C1=CCOC=C1. The van der Waals surface area contributed by atoms with Crippen molar-refractivity contribution in [3.8, 4) is 0 Å². The maximum absolute atomic E-state index is 11.2. The first-order valence-electron chi connectivity index (χ1n) is 5.08. The predicted octanol–water partition coefficient (Wildman–Crippen LogP) is 2.02. The predicted molar refractivity (Wildman–Crippen MR) is 62.8 cm³/mol. The van der Waals surface area contributed by atoms with Gasteiger partial charge in [-0.05, 0) is 41.8 Å². The summed E-state index contributed by atoms with van der Waals surface area (Å²) in [6, 6.07) is 5.56. The summed E-state index contributed by atoms with van der Waals surface area (Å²) in [5, 5.41) is 0. The molecular formula is C13H13NO2. The van der Waals surface area contributed by atoms with Gasteiger partial charge in [0.25, 0.3) is 0 Å². The van der Waals surface area contributed by atoms with E-state index < -0.39 is 5.91 Å². The number of nitrogens with two attached hydrogens (primary N) is 1. The highest BCUT2D eigenvalue weighted by Gasteiger charge is 2.11. The summed E-state index contributed by atoms with van der Waals surface area (Å²) in [7, 11) is 0. The lowest BCUT2D eigenvalue weighted by molar-refractivity contribution is 0.0999. The Morgan fingerprint density at radius 3 is 2.88 bits per heavy atom. The zero-order valence-corrected chi connectivity index (χ0v) is 9.07. The topological polar surface area (TPSA) is 52.3 Å². The van der Waals surface area contributed by atoms with Gasteiger partial charge in [0.1, 0.15) is 6.61 Å². The molecule has 1 aromatic carbocycles. The maximum atomic E-state index is 11.2. The Hall–Kier alpha value is -2.03. The number of carbonyl (C=O) groups is 1. The number of hydrogen-bond donors (Lipinski definition) is 1. The van der Waals surface area contributed by atoms with Crippen LogP contribution >= 0.6 is 0 Å². The van der Waals surface area contributed by atoms with Crippen LogP contribution in [0.25, 0.3) is 5.57 Å². The van der Waals surface area contributed by atoms with Gasteiger partial charge >= 0.3 is 0 Å². The van der Waals surface area contributed by atoms with E-state index in [0.717, 1.165) is 16.7 Å². The summed E-state index contributed by atoms with van der Waals surface area (Å²) in [6.07, 6.45) is 5.52. The van der Waals surface area contributed by atoms with E-state index in [1.54, 1.807) is 12.3 Å². The van der Waals surface area contributed by atoms with Crippen LogP contribution in [0.4, 0.5) is 0 Å². The average Bonchev–Trinajstić information content (AvgIpc) is 2.30. The lowest BCUT2D eigenvalue weighted by Crippen LogP contribution is -2.13. The Morgan fingerprint density at radius 2 is 2.25 bits per heavy atom. The molecule has 0 radical (unpaired) electrons. The fourth-order valence-electron chi connectivity index (χ4n) is 1.80. The van der Waals surface area contributed by atoms with Crippen molar-refractivity contribution in [3.05, 3.63) is 53.3 Å². The first-order chi connectivity index (χ1) is 7.70. The summed E-state index contributed by atoms with van der Waals surface area (Å²) in [4.78, 5) is 11.2. The number of ether oxygens (including phenoxy) is 1. The van der Waals surface area contributed by atoms with Crippen LogP contribution in [0.15, 0.2) is 36.6 Å². The standard InChI is InChI=1S/C13H13NO2/c1-9-11(10-5-7-16-8-6-10)3-2-4-12(9)13(14)15/h2-7H,8H2,1H3,(H2,14,15). The lowest BCUT2D eigenvalue weighted by Gasteiger charge is -2.12. The molecule has 2 rings (SSSR count). The smallest absolute Gasteiger partial charge is 0.248 e. The fraction of sp³-hybridized carbons (Fsp3) is 0.154. The van der Waals surface area contributed by atoms with Crippen molar-refractivity contribution in [1.82, 2.24) is 0 Å². The molecule has 1 heterocycles. The van der Waals surface area contributed by atoms with Gasteiger partial charge < -0.3 is 10.5 Å². The molecular weight excluding hydrogens is 202 g/mol. The molecule has 0 saturated heterocycles. The maximum Gasteiger partial charge on any atom is 0.248 e. The second kappa shape index (κ2) is 4.23. The Kier molecular flexibility index (Phi) is 2.77. The molecule has 0 aliphatic carbocycles. The summed E-state index contributed by atoms with van der Waals surface area (Å²) < 4.78 is 5.09. The minimum absolute atomic E-state index is 0.393. The van der Waals surface area contributed by atoms with E-state index in [-0.39, 0.29) is 0 Å². The van der Waals surface area contributed by atoms with Gasteiger partial charge in [-0.2, -0.15) is 0 Å². The molecule has 0 saturated carbocycles. The van der Waals surface area contributed by atoms with Crippen LogP contribution in [-0.2, 0) is 4.74 Å². The molecule has 1 amide bonds. The lowest BCUT2D eigenvalue weighted by atomic mass is 9.95. The summed E-state index contributed by atoms with van der Waals surface area (Å²) >= 11 is 0. The number of amides is 1. The van der Waals surface area contributed by atoms with E-state index in [9.17, 15) is 4.79 Å². The van der Waals surface area contributed by atoms with Crippen molar-refractivity contribution in [2.24, 2.45) is 5.73 Å². The minimum Gasteiger partial charge on any atom is -0.497 e. The monoisotopic (exact) mass is 215 g/mol. The molecule has 16 heavy (non-hydrogen) atoms. The number of hydrogen-bond acceptors (Lipinski definition) is 2. The van der Waals surface area contributed by atoms with Crippen LogP contribution in [-0.4, -0.2) is 12.5 Å². The van der Waals surface area contributed by atoms with Crippen LogP contribution in [0.2, 0.25) is 0 Å². The van der Waals surface area contributed by atoms with E-state index in [0.29, 0.717) is 12.2 Å². The van der Waals surface area contributed by atoms with E-state index in [2.05, 4.69) is 0 Å². The zero-order chi connectivity index (χ0) is 11.5. The molecule has 0 fully saturated rings. The van der Waals surface area contributed by atoms with Crippen LogP contribution in [0.5, 0.6) is 0 Å². The highest BCUT2D eigenvalue weighted by molar-refractivity contribution is 5.96. The van der Waals surface area contributed by atoms with Gasteiger partial charge in [0.15, 0.2) is 0 Å². The third kappa shape index (κ3) is 1.84. The van der Waals surface area contributed by atoms with Crippen LogP contribution in [0.3, 0.4) is 0 Å². The Morgan fingerprint density at radius 1 is 1.44 bits per heavy atom. The van der Waals surface area contributed by atoms with E-state index in [1.165, 1.54) is 0 Å². The second-order valence-electron chi connectivity index (χ2n) is 3.64. The van der Waals surface area contributed by atoms with Crippen LogP contribution in [0.1, 0.15) is 21.5 Å². The van der Waals surface area contributed by atoms with Gasteiger partial charge in [-0.15, -0.1) is 0 Å². The zero-order valence-electron chi connectivity index (χ0n) is 9.07. The highest BCUT2D eigenvalue weighted by Crippen LogP contribution is 2.24. The number of carbonyl (C=O) groups excluding carboxylic acids is 1. The van der Waals surface area contributed by atoms with Crippen molar-refractivity contribution in [3.63, 3.8) is 0 Å². The molecule has 0 unspecified atom stereocenters. The quantitative estimate of drug-likeness (QED) is 0.820. The Bertz CT molecular complexity index is 487. The normalized spacial score (nSPS) is 14.2. The number of allylic oxidation sites excluding steroid dienone is 2. The fourth-order valence-corrected chi connectivity index (χ4v) is 1.80. The van der Waals surface area contributed by atoms with Gasteiger partial charge in [0.05, 0.1) is 6.26 Å². The van der Waals surface area contributed by atoms with Gasteiger partial charge in [-0.3, -0.25) is 4.79 Å². The molecule has 0 bridgehead atoms. The van der Waals surface area contributed by atoms with Gasteiger partial charge in [-0.25, -0.2) is 0 Å². The van der Waals surface area contributed by atoms with Crippen LogP contribution in [0, 0.1) is 6.92 Å². The van der Waals surface area contributed by atoms with E-state index in [4.69, 9.17) is 10.5 Å². The highest BCUT2D eigenvalue weighted by atomic mass is 16.5. The summed E-state index contributed by atoms with van der Waals surface area (Å²) in [5.74, 6) is -0.393. The minimum atomic E-state index is -0.393. The van der Waals surface area contributed by atoms with Gasteiger partial charge in [0.2, 0.25) is 5.91 Å². The summed E-state index contributed by atoms with van der Waals surface area (Å²) in [5.41, 5.74) is 8.88. The molecule has 2 N–H and O–H groups in total. The van der Waals surface area contributed by atoms with Crippen molar-refractivity contribution < 1.29 is 9.53 Å². The first kappa shape index (κ1) is 10.5. The number of benzene rings is 1. The Balaban J connectivity index is 2.49. The first-order valence-corrected chi connectivity index (χ1v) is 5.08. The van der Waals surface area contributed by atoms with Gasteiger partial charge in [0, 0.05) is 5.56 Å². The molecule has 82 valence electrons. The number of rotatable bonds is 2. The molecule has 0 aromatic heterocycles. The largest absolute Gasteiger partial charge is 0.497 e. The molecule has 3 nitrogen and oxygen atoms in total. The van der Waals surface area contributed by atoms with Crippen LogP contribution < -0.4 is 5.73 Å². The Labute approximate surface area is 94.2 Å². The van der Waals surface area contributed by atoms with E-state index >= 15 is 0 Å². The molecule has 1 aromatic rings. The molecule has 0 atom stereocenters. The van der Waals surface area contributed by atoms with Crippen molar-refractivity contribution >= 4 is 11.5 Å². The average molecular weight is 215 g/mol. The third-order valence-electron chi connectivity index (χ3n) is 2.65. The second-order valence-corrected chi connectivity index (χ2v) is 3.64. The van der Waals surface area contributed by atoms with Crippen molar-refractivity contribution in [2.45, 2.75) is 6.92 Å². The van der Waals surface area contributed by atoms with Gasteiger partial charge in [-0.1, -0.05) is 12.1 Å².